The molecular weight excluding hydrogens is 336 g/mol. The molecule has 0 heteroatoms. The first-order valence-electron chi connectivity index (χ1n) is 13.3. The Bertz CT molecular complexity index is 534. The van der Waals surface area contributed by atoms with E-state index in [1.165, 1.54) is 25.7 Å². The van der Waals surface area contributed by atoms with Gasteiger partial charge in [0.15, 0.2) is 0 Å². The maximum Gasteiger partial charge on any atom is -0.0264 e. The summed E-state index contributed by atoms with van der Waals surface area (Å²) in [5.74, 6) is 7.96. The van der Waals surface area contributed by atoms with Gasteiger partial charge in [-0.1, -0.05) is 67.2 Å². The lowest BCUT2D eigenvalue weighted by molar-refractivity contribution is -0.114. The van der Waals surface area contributed by atoms with E-state index in [1.807, 2.05) is 0 Å². The quantitative estimate of drug-likeness (QED) is 0.443. The standard InChI is InChI=1S/C28H50/c1-19(2)20(3)10-11-21(4)24-14-15-25-23-13-12-22-9-7-8-17-27(22,5)26(23)16-18-28(24,25)6/h19-26H,7-18H2,1-6H3/t20-,21+,22?,23-,24+,25+,26-,27-,28+/m0/s1. The fourth-order valence-corrected chi connectivity index (χ4v) is 9.33. The van der Waals surface area contributed by atoms with Crippen molar-refractivity contribution >= 4 is 0 Å². The smallest absolute Gasteiger partial charge is 0.0264 e. The minimum Gasteiger partial charge on any atom is -0.0625 e. The zero-order chi connectivity index (χ0) is 20.1. The van der Waals surface area contributed by atoms with E-state index in [0.717, 1.165) is 47.3 Å². The Hall–Kier alpha value is 0. The topological polar surface area (TPSA) is 0 Å². The Morgan fingerprint density at radius 3 is 2.21 bits per heavy atom. The van der Waals surface area contributed by atoms with Crippen molar-refractivity contribution in [1.29, 1.82) is 0 Å². The molecule has 0 aromatic carbocycles. The van der Waals surface area contributed by atoms with Gasteiger partial charge in [-0.2, -0.15) is 0 Å². The molecule has 0 radical (unpaired) electrons. The lowest BCUT2D eigenvalue weighted by Gasteiger charge is -2.61. The third-order valence-electron chi connectivity index (χ3n) is 11.6. The molecule has 0 aromatic rings. The average molecular weight is 387 g/mol. The Labute approximate surface area is 177 Å². The van der Waals surface area contributed by atoms with Gasteiger partial charge in [-0.15, -0.1) is 0 Å². The summed E-state index contributed by atoms with van der Waals surface area (Å²) >= 11 is 0. The van der Waals surface area contributed by atoms with Crippen LogP contribution < -0.4 is 0 Å². The molecule has 4 aliphatic rings. The Balaban J connectivity index is 1.46. The van der Waals surface area contributed by atoms with Crippen LogP contribution in [0.4, 0.5) is 0 Å². The van der Waals surface area contributed by atoms with Gasteiger partial charge in [-0.05, 0) is 110 Å². The van der Waals surface area contributed by atoms with Crippen molar-refractivity contribution in [2.45, 2.75) is 119 Å². The lowest BCUT2D eigenvalue weighted by atomic mass is 9.44. The lowest BCUT2D eigenvalue weighted by Crippen LogP contribution is -2.53. The summed E-state index contributed by atoms with van der Waals surface area (Å²) < 4.78 is 0. The van der Waals surface area contributed by atoms with Gasteiger partial charge in [-0.3, -0.25) is 0 Å². The molecule has 0 spiro atoms. The van der Waals surface area contributed by atoms with Gasteiger partial charge in [0.05, 0.1) is 0 Å². The van der Waals surface area contributed by atoms with Gasteiger partial charge in [0.1, 0.15) is 0 Å². The van der Waals surface area contributed by atoms with Crippen LogP contribution in [0, 0.1) is 58.2 Å². The second-order valence-corrected chi connectivity index (χ2v) is 12.9. The van der Waals surface area contributed by atoms with Crippen LogP contribution in [0.25, 0.3) is 0 Å². The van der Waals surface area contributed by atoms with Crippen molar-refractivity contribution in [1.82, 2.24) is 0 Å². The largest absolute Gasteiger partial charge is 0.0625 e. The van der Waals surface area contributed by atoms with Crippen molar-refractivity contribution in [3.8, 4) is 0 Å². The summed E-state index contributed by atoms with van der Waals surface area (Å²) in [6.07, 6.45) is 18.4. The van der Waals surface area contributed by atoms with E-state index in [-0.39, 0.29) is 0 Å². The second-order valence-electron chi connectivity index (χ2n) is 12.9. The summed E-state index contributed by atoms with van der Waals surface area (Å²) in [6, 6.07) is 0. The molecule has 162 valence electrons. The molecule has 0 N–H and O–H groups in total. The monoisotopic (exact) mass is 386 g/mol. The van der Waals surface area contributed by atoms with E-state index in [1.54, 1.807) is 51.4 Å². The summed E-state index contributed by atoms with van der Waals surface area (Å²) in [4.78, 5) is 0. The minimum absolute atomic E-state index is 0.666. The first-order valence-corrected chi connectivity index (χ1v) is 13.3. The van der Waals surface area contributed by atoms with Crippen LogP contribution in [0.3, 0.4) is 0 Å². The Kier molecular flexibility index (Phi) is 6.01. The molecule has 0 aliphatic heterocycles. The van der Waals surface area contributed by atoms with Crippen molar-refractivity contribution in [2.75, 3.05) is 0 Å². The Morgan fingerprint density at radius 1 is 0.714 bits per heavy atom. The van der Waals surface area contributed by atoms with Gasteiger partial charge >= 0.3 is 0 Å². The first kappa shape index (κ1) is 21.2. The molecule has 0 saturated heterocycles. The summed E-state index contributed by atoms with van der Waals surface area (Å²) in [5.41, 5.74) is 1.37. The van der Waals surface area contributed by atoms with Crippen LogP contribution in [-0.4, -0.2) is 0 Å². The van der Waals surface area contributed by atoms with E-state index in [0.29, 0.717) is 10.8 Å². The zero-order valence-corrected chi connectivity index (χ0v) is 20.1. The predicted octanol–water partition coefficient (Wildman–Crippen LogP) is 8.74. The fourth-order valence-electron chi connectivity index (χ4n) is 9.33. The molecule has 0 nitrogen and oxygen atoms in total. The summed E-state index contributed by atoms with van der Waals surface area (Å²) in [7, 11) is 0. The molecule has 4 aliphatic carbocycles. The van der Waals surface area contributed by atoms with Crippen molar-refractivity contribution in [3.63, 3.8) is 0 Å². The molecule has 4 fully saturated rings. The van der Waals surface area contributed by atoms with E-state index < -0.39 is 0 Å². The maximum atomic E-state index is 2.75. The average Bonchev–Trinajstić information content (AvgIpc) is 3.02. The Morgan fingerprint density at radius 2 is 1.46 bits per heavy atom. The van der Waals surface area contributed by atoms with Crippen LogP contribution in [0.5, 0.6) is 0 Å². The SMILES string of the molecule is CC(C)[C@@H](C)CC[C@@H](C)[C@H]1CC[C@@H]2[C@@H]3CCC4CCCC[C@]4(C)[C@H]3CC[C@@]21C. The third-order valence-corrected chi connectivity index (χ3v) is 11.6. The third kappa shape index (κ3) is 3.41. The van der Waals surface area contributed by atoms with E-state index in [4.69, 9.17) is 0 Å². The second kappa shape index (κ2) is 7.92. The number of hydrogen-bond donors (Lipinski definition) is 0. The van der Waals surface area contributed by atoms with E-state index >= 15 is 0 Å². The van der Waals surface area contributed by atoms with Crippen LogP contribution >= 0.6 is 0 Å². The summed E-state index contributed by atoms with van der Waals surface area (Å²) in [5, 5.41) is 0. The molecule has 9 atom stereocenters. The molecule has 0 heterocycles. The molecule has 0 amide bonds. The number of fused-ring (bicyclic) bond motifs is 5. The summed E-state index contributed by atoms with van der Waals surface area (Å²) in [6.45, 7) is 15.4. The van der Waals surface area contributed by atoms with E-state index in [2.05, 4.69) is 41.5 Å². The fraction of sp³-hybridized carbons (Fsp3) is 1.00. The van der Waals surface area contributed by atoms with Gasteiger partial charge in [0, 0.05) is 0 Å². The van der Waals surface area contributed by atoms with Crippen molar-refractivity contribution in [3.05, 3.63) is 0 Å². The molecule has 0 bridgehead atoms. The highest BCUT2D eigenvalue weighted by molar-refractivity contribution is 5.09. The number of hydrogen-bond acceptors (Lipinski definition) is 0. The molecule has 1 unspecified atom stereocenters. The minimum atomic E-state index is 0.666. The zero-order valence-electron chi connectivity index (χ0n) is 20.1. The molecular formula is C28H50. The van der Waals surface area contributed by atoms with Gasteiger partial charge in [-0.25, -0.2) is 0 Å². The van der Waals surface area contributed by atoms with E-state index in [9.17, 15) is 0 Å². The first-order chi connectivity index (χ1) is 13.3. The van der Waals surface area contributed by atoms with Crippen LogP contribution in [0.1, 0.15) is 119 Å². The highest BCUT2D eigenvalue weighted by Crippen LogP contribution is 2.68. The van der Waals surface area contributed by atoms with Crippen LogP contribution in [0.2, 0.25) is 0 Å². The molecule has 0 aromatic heterocycles. The highest BCUT2D eigenvalue weighted by Gasteiger charge is 2.60. The predicted molar refractivity (Wildman–Crippen MR) is 122 cm³/mol. The van der Waals surface area contributed by atoms with Gasteiger partial charge in [0.25, 0.3) is 0 Å². The number of rotatable bonds is 5. The van der Waals surface area contributed by atoms with Crippen LogP contribution in [-0.2, 0) is 0 Å². The van der Waals surface area contributed by atoms with Crippen molar-refractivity contribution in [2.24, 2.45) is 58.2 Å². The highest BCUT2D eigenvalue weighted by atomic mass is 14.6. The molecule has 4 rings (SSSR count). The normalized spacial score (nSPS) is 47.9. The van der Waals surface area contributed by atoms with Crippen LogP contribution in [0.15, 0.2) is 0 Å². The molecule has 4 saturated carbocycles. The molecule has 28 heavy (non-hydrogen) atoms. The maximum absolute atomic E-state index is 2.75. The van der Waals surface area contributed by atoms with Gasteiger partial charge in [0.2, 0.25) is 0 Å². The van der Waals surface area contributed by atoms with Gasteiger partial charge < -0.3 is 0 Å². The van der Waals surface area contributed by atoms with Crippen molar-refractivity contribution < 1.29 is 0 Å².